The molecule has 0 aliphatic rings. The van der Waals surface area contributed by atoms with Gasteiger partial charge in [0.1, 0.15) is 11.3 Å². The lowest BCUT2D eigenvalue weighted by Crippen LogP contribution is -2.23. The van der Waals surface area contributed by atoms with Crippen molar-refractivity contribution in [2.24, 2.45) is 0 Å². The maximum Gasteiger partial charge on any atom is 0.256 e. The second-order valence-electron chi connectivity index (χ2n) is 3.30. The number of hydrogen-bond acceptors (Lipinski definition) is 4. The zero-order valence-electron chi connectivity index (χ0n) is 8.80. The normalized spacial score (nSPS) is 10.1. The van der Waals surface area contributed by atoms with Gasteiger partial charge in [-0.2, -0.15) is 0 Å². The Hall–Kier alpha value is -2.17. The van der Waals surface area contributed by atoms with Crippen LogP contribution in [-0.2, 0) is 6.54 Å². The predicted molar refractivity (Wildman–Crippen MR) is 56.6 cm³/mol. The zero-order chi connectivity index (χ0) is 11.4. The van der Waals surface area contributed by atoms with E-state index >= 15 is 0 Å². The first kappa shape index (κ1) is 10.4. The fourth-order valence-corrected chi connectivity index (χ4v) is 1.29. The standard InChI is InChI=1S/C11H11N3O2/c1-8-10(7-14-16-8)11(15)13-6-9-4-2-3-5-12-9/h2-5,7H,6H2,1H3,(H,13,15). The third kappa shape index (κ3) is 2.25. The summed E-state index contributed by atoms with van der Waals surface area (Å²) >= 11 is 0. The van der Waals surface area contributed by atoms with Gasteiger partial charge in [0, 0.05) is 6.20 Å². The molecule has 1 N–H and O–H groups in total. The molecule has 0 bridgehead atoms. The minimum Gasteiger partial charge on any atom is -0.361 e. The molecule has 2 rings (SSSR count). The number of pyridine rings is 1. The van der Waals surface area contributed by atoms with Gasteiger partial charge in [-0.05, 0) is 19.1 Å². The molecule has 82 valence electrons. The van der Waals surface area contributed by atoms with Crippen LogP contribution < -0.4 is 5.32 Å². The minimum absolute atomic E-state index is 0.204. The van der Waals surface area contributed by atoms with Crippen molar-refractivity contribution in [3.8, 4) is 0 Å². The molecular formula is C11H11N3O2. The lowest BCUT2D eigenvalue weighted by Gasteiger charge is -2.02. The number of rotatable bonds is 3. The molecular weight excluding hydrogens is 206 g/mol. The Bertz CT molecular complexity index is 479. The van der Waals surface area contributed by atoms with E-state index in [2.05, 4.69) is 15.5 Å². The van der Waals surface area contributed by atoms with Crippen LogP contribution in [0.2, 0.25) is 0 Å². The summed E-state index contributed by atoms with van der Waals surface area (Å²) in [4.78, 5) is 15.8. The third-order valence-electron chi connectivity index (χ3n) is 2.15. The van der Waals surface area contributed by atoms with Gasteiger partial charge in [0.25, 0.3) is 5.91 Å². The SMILES string of the molecule is Cc1oncc1C(=O)NCc1ccccn1. The van der Waals surface area contributed by atoms with Gasteiger partial charge in [-0.15, -0.1) is 0 Å². The highest BCUT2D eigenvalue weighted by molar-refractivity contribution is 5.94. The quantitative estimate of drug-likeness (QED) is 0.841. The molecule has 0 fully saturated rings. The van der Waals surface area contributed by atoms with Crippen LogP contribution in [0.15, 0.2) is 35.1 Å². The van der Waals surface area contributed by atoms with Crippen molar-refractivity contribution in [3.63, 3.8) is 0 Å². The van der Waals surface area contributed by atoms with E-state index in [-0.39, 0.29) is 5.91 Å². The van der Waals surface area contributed by atoms with E-state index in [1.165, 1.54) is 6.20 Å². The molecule has 0 spiro atoms. The van der Waals surface area contributed by atoms with Crippen LogP contribution >= 0.6 is 0 Å². The summed E-state index contributed by atoms with van der Waals surface area (Å²) in [6, 6.07) is 5.55. The number of nitrogens with one attached hydrogen (secondary N) is 1. The van der Waals surface area contributed by atoms with Crippen molar-refractivity contribution < 1.29 is 9.32 Å². The van der Waals surface area contributed by atoms with E-state index < -0.39 is 0 Å². The summed E-state index contributed by atoms with van der Waals surface area (Å²) in [6.45, 7) is 2.09. The zero-order valence-corrected chi connectivity index (χ0v) is 8.80. The van der Waals surface area contributed by atoms with Crippen molar-refractivity contribution in [1.29, 1.82) is 0 Å². The van der Waals surface area contributed by atoms with Crippen molar-refractivity contribution >= 4 is 5.91 Å². The predicted octanol–water partition coefficient (Wildman–Crippen LogP) is 1.31. The Morgan fingerprint density at radius 1 is 1.50 bits per heavy atom. The summed E-state index contributed by atoms with van der Waals surface area (Å²) in [5, 5.41) is 6.29. The van der Waals surface area contributed by atoms with Gasteiger partial charge in [-0.25, -0.2) is 0 Å². The van der Waals surface area contributed by atoms with Crippen LogP contribution in [0.3, 0.4) is 0 Å². The molecule has 2 aromatic rings. The highest BCUT2D eigenvalue weighted by Crippen LogP contribution is 2.05. The number of nitrogens with zero attached hydrogens (tertiary/aromatic N) is 2. The first-order chi connectivity index (χ1) is 7.77. The average Bonchev–Trinajstić information content (AvgIpc) is 2.74. The molecule has 0 saturated heterocycles. The molecule has 0 saturated carbocycles. The fourth-order valence-electron chi connectivity index (χ4n) is 1.29. The van der Waals surface area contributed by atoms with Crippen LogP contribution in [0, 0.1) is 6.92 Å². The van der Waals surface area contributed by atoms with E-state index in [4.69, 9.17) is 4.52 Å². The topological polar surface area (TPSA) is 68.0 Å². The first-order valence-electron chi connectivity index (χ1n) is 4.87. The van der Waals surface area contributed by atoms with Gasteiger partial charge < -0.3 is 9.84 Å². The van der Waals surface area contributed by atoms with E-state index in [9.17, 15) is 4.79 Å². The Labute approximate surface area is 92.5 Å². The lowest BCUT2D eigenvalue weighted by molar-refractivity contribution is 0.0949. The highest BCUT2D eigenvalue weighted by atomic mass is 16.5. The minimum atomic E-state index is -0.204. The molecule has 5 heteroatoms. The fraction of sp³-hybridized carbons (Fsp3) is 0.182. The third-order valence-corrected chi connectivity index (χ3v) is 2.15. The number of carbonyl (C=O) groups is 1. The largest absolute Gasteiger partial charge is 0.361 e. The molecule has 16 heavy (non-hydrogen) atoms. The van der Waals surface area contributed by atoms with Gasteiger partial charge in [0.2, 0.25) is 0 Å². The van der Waals surface area contributed by atoms with E-state index in [1.807, 2.05) is 18.2 Å². The molecule has 5 nitrogen and oxygen atoms in total. The Morgan fingerprint density at radius 2 is 2.38 bits per heavy atom. The number of amides is 1. The number of hydrogen-bond donors (Lipinski definition) is 1. The van der Waals surface area contributed by atoms with Gasteiger partial charge in [-0.3, -0.25) is 9.78 Å². The van der Waals surface area contributed by atoms with E-state index in [0.717, 1.165) is 5.69 Å². The molecule has 2 aromatic heterocycles. The van der Waals surface area contributed by atoms with E-state index in [1.54, 1.807) is 13.1 Å². The average molecular weight is 217 g/mol. The summed E-state index contributed by atoms with van der Waals surface area (Å²) in [6.07, 6.45) is 3.09. The number of carbonyl (C=O) groups excluding carboxylic acids is 1. The van der Waals surface area contributed by atoms with Crippen LogP contribution in [-0.4, -0.2) is 16.0 Å². The summed E-state index contributed by atoms with van der Waals surface area (Å²) in [5.74, 6) is 0.308. The van der Waals surface area contributed by atoms with Crippen LogP contribution in [0.4, 0.5) is 0 Å². The van der Waals surface area contributed by atoms with Gasteiger partial charge >= 0.3 is 0 Å². The van der Waals surface area contributed by atoms with Crippen molar-refractivity contribution in [3.05, 3.63) is 47.6 Å². The number of aromatic nitrogens is 2. The second-order valence-corrected chi connectivity index (χ2v) is 3.30. The maximum absolute atomic E-state index is 11.7. The number of aryl methyl sites for hydroxylation is 1. The first-order valence-corrected chi connectivity index (χ1v) is 4.87. The molecule has 0 aliphatic carbocycles. The summed E-state index contributed by atoms with van der Waals surface area (Å²) in [7, 11) is 0. The van der Waals surface area contributed by atoms with Crippen LogP contribution in [0.25, 0.3) is 0 Å². The molecule has 0 atom stereocenters. The maximum atomic E-state index is 11.7. The van der Waals surface area contributed by atoms with Gasteiger partial charge in [-0.1, -0.05) is 11.2 Å². The molecule has 0 aromatic carbocycles. The van der Waals surface area contributed by atoms with Crippen molar-refractivity contribution in [1.82, 2.24) is 15.5 Å². The Kier molecular flexibility index (Phi) is 2.95. The molecule has 0 radical (unpaired) electrons. The second kappa shape index (κ2) is 4.57. The van der Waals surface area contributed by atoms with Crippen molar-refractivity contribution in [2.45, 2.75) is 13.5 Å². The van der Waals surface area contributed by atoms with Crippen LogP contribution in [0.1, 0.15) is 21.8 Å². The van der Waals surface area contributed by atoms with Crippen LogP contribution in [0.5, 0.6) is 0 Å². The van der Waals surface area contributed by atoms with E-state index in [0.29, 0.717) is 17.9 Å². The molecule has 1 amide bonds. The lowest BCUT2D eigenvalue weighted by atomic mass is 10.2. The van der Waals surface area contributed by atoms with Gasteiger partial charge in [0.05, 0.1) is 18.4 Å². The monoisotopic (exact) mass is 217 g/mol. The Morgan fingerprint density at radius 3 is 3.00 bits per heavy atom. The smallest absolute Gasteiger partial charge is 0.256 e. The van der Waals surface area contributed by atoms with Crippen molar-refractivity contribution in [2.75, 3.05) is 0 Å². The molecule has 2 heterocycles. The molecule has 0 unspecified atom stereocenters. The Balaban J connectivity index is 1.97. The van der Waals surface area contributed by atoms with Gasteiger partial charge in [0.15, 0.2) is 0 Å². The summed E-state index contributed by atoms with van der Waals surface area (Å²) in [5.41, 5.74) is 1.26. The summed E-state index contributed by atoms with van der Waals surface area (Å²) < 4.78 is 4.81. The molecule has 0 aliphatic heterocycles. The highest BCUT2D eigenvalue weighted by Gasteiger charge is 2.11.